The molecule has 1 aromatic carbocycles. The van der Waals surface area contributed by atoms with Crippen molar-refractivity contribution in [2.45, 2.75) is 13.0 Å². The van der Waals surface area contributed by atoms with Crippen LogP contribution in [0.5, 0.6) is 0 Å². The van der Waals surface area contributed by atoms with Crippen molar-refractivity contribution >= 4 is 17.9 Å². The second-order valence-electron chi connectivity index (χ2n) is 5.91. The summed E-state index contributed by atoms with van der Waals surface area (Å²) in [5, 5.41) is 5.55. The van der Waals surface area contributed by atoms with Gasteiger partial charge in [0, 0.05) is 42.9 Å². The van der Waals surface area contributed by atoms with E-state index in [0.717, 1.165) is 18.7 Å². The summed E-state index contributed by atoms with van der Waals surface area (Å²) < 4.78 is 1.94. The van der Waals surface area contributed by atoms with Crippen molar-refractivity contribution in [3.63, 3.8) is 0 Å². The molecule has 0 aliphatic rings. The van der Waals surface area contributed by atoms with Gasteiger partial charge in [0.05, 0.1) is 6.33 Å². The van der Waals surface area contributed by atoms with Crippen molar-refractivity contribution in [1.82, 2.24) is 25.2 Å². The Labute approximate surface area is 157 Å². The number of carbonyl (C=O) groups excluding carboxylic acids is 2. The Morgan fingerprint density at radius 3 is 2.70 bits per heavy atom. The molecular weight excluding hydrogens is 342 g/mol. The van der Waals surface area contributed by atoms with Gasteiger partial charge in [-0.1, -0.05) is 18.2 Å². The molecule has 3 aromatic rings. The van der Waals surface area contributed by atoms with E-state index in [1.54, 1.807) is 49.1 Å². The van der Waals surface area contributed by atoms with Gasteiger partial charge in [-0.2, -0.15) is 0 Å². The van der Waals surface area contributed by atoms with Gasteiger partial charge in [0.15, 0.2) is 0 Å². The third-order valence-corrected chi connectivity index (χ3v) is 3.89. The number of benzene rings is 1. The summed E-state index contributed by atoms with van der Waals surface area (Å²) in [6, 6.07) is 12.4. The lowest BCUT2D eigenvalue weighted by Crippen LogP contribution is -2.35. The van der Waals surface area contributed by atoms with Gasteiger partial charge in [-0.3, -0.25) is 9.59 Å². The van der Waals surface area contributed by atoms with Crippen molar-refractivity contribution < 1.29 is 9.59 Å². The Balaban J connectivity index is 1.62. The molecule has 0 aliphatic heterocycles. The molecule has 7 heteroatoms. The average Bonchev–Trinajstić information content (AvgIpc) is 3.39. The van der Waals surface area contributed by atoms with E-state index in [1.807, 2.05) is 29.0 Å². The highest BCUT2D eigenvalue weighted by Crippen LogP contribution is 2.05. The Kier molecular flexibility index (Phi) is 6.19. The lowest BCUT2D eigenvalue weighted by atomic mass is 10.2. The minimum atomic E-state index is -0.334. The van der Waals surface area contributed by atoms with Crippen molar-refractivity contribution in [1.29, 1.82) is 0 Å². The van der Waals surface area contributed by atoms with Gasteiger partial charge in [-0.25, -0.2) is 4.98 Å². The number of imidazole rings is 1. The van der Waals surface area contributed by atoms with Crippen LogP contribution in [-0.2, 0) is 11.3 Å². The molecule has 0 aliphatic carbocycles. The van der Waals surface area contributed by atoms with Gasteiger partial charge in [-0.15, -0.1) is 0 Å². The molecule has 0 bridgehead atoms. The van der Waals surface area contributed by atoms with E-state index in [0.29, 0.717) is 12.1 Å². The standard InChI is InChI=1S/C20H21N5O2/c26-19(16-6-2-1-3-7-16)24-18(14-17-8-4-9-22-17)20(27)23-10-5-12-25-13-11-21-15-25/h1-4,6-9,11,13-15,22H,5,10,12H2,(H,23,27)(H,24,26)/b18-14-. The summed E-state index contributed by atoms with van der Waals surface area (Å²) in [7, 11) is 0. The van der Waals surface area contributed by atoms with E-state index >= 15 is 0 Å². The van der Waals surface area contributed by atoms with E-state index in [9.17, 15) is 9.59 Å². The van der Waals surface area contributed by atoms with Crippen LogP contribution in [0.25, 0.3) is 6.08 Å². The van der Waals surface area contributed by atoms with Gasteiger partial charge >= 0.3 is 0 Å². The van der Waals surface area contributed by atoms with Crippen LogP contribution in [0.15, 0.2) is 73.1 Å². The Bertz CT molecular complexity index is 884. The maximum Gasteiger partial charge on any atom is 0.267 e. The third kappa shape index (κ3) is 5.43. The smallest absolute Gasteiger partial charge is 0.267 e. The molecule has 0 saturated carbocycles. The van der Waals surface area contributed by atoms with Gasteiger partial charge in [-0.05, 0) is 36.8 Å². The summed E-state index contributed by atoms with van der Waals surface area (Å²) in [5.41, 5.74) is 1.41. The predicted molar refractivity (Wildman–Crippen MR) is 103 cm³/mol. The molecule has 27 heavy (non-hydrogen) atoms. The molecule has 2 aromatic heterocycles. The number of hydrogen-bond acceptors (Lipinski definition) is 3. The predicted octanol–water partition coefficient (Wildman–Crippen LogP) is 2.19. The molecule has 2 amide bonds. The van der Waals surface area contributed by atoms with Crippen molar-refractivity contribution in [2.24, 2.45) is 0 Å². The molecule has 0 fully saturated rings. The number of aromatic nitrogens is 3. The van der Waals surface area contributed by atoms with Crippen molar-refractivity contribution in [3.8, 4) is 0 Å². The van der Waals surface area contributed by atoms with E-state index in [-0.39, 0.29) is 17.5 Å². The first-order valence-electron chi connectivity index (χ1n) is 8.68. The SMILES string of the molecule is O=C(NCCCn1ccnc1)/C(=C/c1ccc[nH]1)NC(=O)c1ccccc1. The van der Waals surface area contributed by atoms with Gasteiger partial charge in [0.2, 0.25) is 0 Å². The van der Waals surface area contributed by atoms with Crippen LogP contribution in [0.1, 0.15) is 22.5 Å². The van der Waals surface area contributed by atoms with Crippen LogP contribution in [0.4, 0.5) is 0 Å². The molecule has 0 atom stereocenters. The lowest BCUT2D eigenvalue weighted by Gasteiger charge is -2.11. The maximum atomic E-state index is 12.6. The summed E-state index contributed by atoms with van der Waals surface area (Å²) >= 11 is 0. The van der Waals surface area contributed by atoms with E-state index in [2.05, 4.69) is 20.6 Å². The second kappa shape index (κ2) is 9.19. The highest BCUT2D eigenvalue weighted by Gasteiger charge is 2.14. The van der Waals surface area contributed by atoms with Crippen LogP contribution in [-0.4, -0.2) is 32.9 Å². The summed E-state index contributed by atoms with van der Waals surface area (Å²) in [6.45, 7) is 1.24. The summed E-state index contributed by atoms with van der Waals surface area (Å²) in [4.78, 5) is 32.0. The fraction of sp³-hybridized carbons (Fsp3) is 0.150. The van der Waals surface area contributed by atoms with Crippen LogP contribution < -0.4 is 10.6 Å². The van der Waals surface area contributed by atoms with Crippen molar-refractivity contribution in [3.05, 3.63) is 84.3 Å². The number of carbonyl (C=O) groups is 2. The minimum absolute atomic E-state index is 0.189. The Morgan fingerprint density at radius 2 is 2.00 bits per heavy atom. The number of aromatic amines is 1. The second-order valence-corrected chi connectivity index (χ2v) is 5.91. The number of nitrogens with one attached hydrogen (secondary N) is 3. The van der Waals surface area contributed by atoms with Crippen molar-refractivity contribution in [2.75, 3.05) is 6.54 Å². The van der Waals surface area contributed by atoms with Gasteiger partial charge < -0.3 is 20.2 Å². The molecule has 0 unspecified atom stereocenters. The normalized spacial score (nSPS) is 11.2. The zero-order chi connectivity index (χ0) is 18.9. The first-order chi connectivity index (χ1) is 13.2. The van der Waals surface area contributed by atoms with Crippen LogP contribution >= 0.6 is 0 Å². The van der Waals surface area contributed by atoms with E-state index in [1.165, 1.54) is 0 Å². The number of H-pyrrole nitrogens is 1. The minimum Gasteiger partial charge on any atom is -0.362 e. The van der Waals surface area contributed by atoms with Gasteiger partial charge in [0.25, 0.3) is 11.8 Å². The number of nitrogens with zero attached hydrogens (tertiary/aromatic N) is 2. The molecule has 2 heterocycles. The van der Waals surface area contributed by atoms with E-state index < -0.39 is 0 Å². The maximum absolute atomic E-state index is 12.6. The molecule has 0 saturated heterocycles. The fourth-order valence-electron chi connectivity index (χ4n) is 2.51. The number of hydrogen-bond donors (Lipinski definition) is 3. The summed E-state index contributed by atoms with van der Waals surface area (Å²) in [6.07, 6.45) is 9.45. The first-order valence-corrected chi connectivity index (χ1v) is 8.68. The monoisotopic (exact) mass is 363 g/mol. The largest absolute Gasteiger partial charge is 0.362 e. The zero-order valence-corrected chi connectivity index (χ0v) is 14.8. The topological polar surface area (TPSA) is 91.8 Å². The van der Waals surface area contributed by atoms with Crippen LogP contribution in [0.3, 0.4) is 0 Å². The van der Waals surface area contributed by atoms with Crippen LogP contribution in [0, 0.1) is 0 Å². The lowest BCUT2D eigenvalue weighted by molar-refractivity contribution is -0.117. The third-order valence-electron chi connectivity index (χ3n) is 3.89. The number of amides is 2. The average molecular weight is 363 g/mol. The number of rotatable bonds is 8. The summed E-state index contributed by atoms with van der Waals surface area (Å²) in [5.74, 6) is -0.665. The fourth-order valence-corrected chi connectivity index (χ4v) is 2.51. The molecule has 3 N–H and O–H groups in total. The molecule has 7 nitrogen and oxygen atoms in total. The highest BCUT2D eigenvalue weighted by molar-refractivity contribution is 6.05. The zero-order valence-electron chi connectivity index (χ0n) is 14.8. The molecule has 138 valence electrons. The van der Waals surface area contributed by atoms with Crippen LogP contribution in [0.2, 0.25) is 0 Å². The quantitative estimate of drug-likeness (QED) is 0.423. The number of aryl methyl sites for hydroxylation is 1. The Hall–Kier alpha value is -3.61. The van der Waals surface area contributed by atoms with E-state index in [4.69, 9.17) is 0 Å². The van der Waals surface area contributed by atoms with Gasteiger partial charge in [0.1, 0.15) is 5.70 Å². The highest BCUT2D eigenvalue weighted by atomic mass is 16.2. The molecule has 3 rings (SSSR count). The molecule has 0 radical (unpaired) electrons. The Morgan fingerprint density at radius 1 is 1.15 bits per heavy atom. The molecular formula is C20H21N5O2. The first kappa shape index (κ1) is 18.2. The molecule has 0 spiro atoms.